The Hall–Kier alpha value is -3.39. The summed E-state index contributed by atoms with van der Waals surface area (Å²) in [6, 6.07) is 16.4. The van der Waals surface area contributed by atoms with Crippen LogP contribution >= 0.6 is 11.8 Å². The summed E-state index contributed by atoms with van der Waals surface area (Å²) in [7, 11) is 3.08. The highest BCUT2D eigenvalue weighted by molar-refractivity contribution is 7.99. The number of nitrogens with zero attached hydrogens (tertiary/aromatic N) is 1. The van der Waals surface area contributed by atoms with Crippen molar-refractivity contribution in [3.63, 3.8) is 0 Å². The summed E-state index contributed by atoms with van der Waals surface area (Å²) in [4.78, 5) is 28.4. The maximum absolute atomic E-state index is 13.1. The van der Waals surface area contributed by atoms with Crippen LogP contribution in [0.1, 0.15) is 17.4 Å². The molecule has 0 unspecified atom stereocenters. The standard InChI is InChI=1S/C23H22N2O5S/c1-28-15-9-10-16(19(12-15)29-2)24-22(26)14-25-17-6-3-4-8-20(17)31-21(13-23(25)27)18-7-5-11-30-18/h3-12,21H,13-14H2,1-2H3,(H,24,26)/t21-/m0/s1. The van der Waals surface area contributed by atoms with Crippen molar-refractivity contribution in [2.45, 2.75) is 16.6 Å². The number of benzene rings is 2. The third-order valence-electron chi connectivity index (χ3n) is 4.93. The number of carbonyl (C=O) groups excluding carboxylic acids is 2. The Morgan fingerprint density at radius 2 is 2.00 bits per heavy atom. The minimum Gasteiger partial charge on any atom is -0.497 e. The summed E-state index contributed by atoms with van der Waals surface area (Å²) in [5.74, 6) is 1.36. The zero-order valence-corrected chi connectivity index (χ0v) is 18.0. The molecule has 2 aromatic carbocycles. The Kier molecular flexibility index (Phi) is 6.18. The van der Waals surface area contributed by atoms with Crippen LogP contribution in [0.25, 0.3) is 0 Å². The highest BCUT2D eigenvalue weighted by Crippen LogP contribution is 2.45. The molecule has 8 heteroatoms. The molecule has 160 valence electrons. The molecule has 3 aromatic rings. The van der Waals surface area contributed by atoms with E-state index in [1.54, 1.807) is 43.3 Å². The highest BCUT2D eigenvalue weighted by Gasteiger charge is 2.31. The predicted octanol–water partition coefficient (Wildman–Crippen LogP) is 4.51. The highest BCUT2D eigenvalue weighted by atomic mass is 32.2. The summed E-state index contributed by atoms with van der Waals surface area (Å²) in [5.41, 5.74) is 1.22. The fourth-order valence-electron chi connectivity index (χ4n) is 3.42. The van der Waals surface area contributed by atoms with Gasteiger partial charge in [-0.2, -0.15) is 0 Å². The van der Waals surface area contributed by atoms with Gasteiger partial charge in [-0.3, -0.25) is 9.59 Å². The Bertz CT molecular complexity index is 1080. The fraction of sp³-hybridized carbons (Fsp3) is 0.217. The van der Waals surface area contributed by atoms with E-state index in [-0.39, 0.29) is 30.0 Å². The van der Waals surface area contributed by atoms with E-state index in [9.17, 15) is 9.59 Å². The number of hydrogen-bond donors (Lipinski definition) is 1. The molecule has 2 amide bonds. The number of ether oxygens (including phenoxy) is 2. The van der Waals surface area contributed by atoms with Gasteiger partial charge in [0.15, 0.2) is 0 Å². The minimum absolute atomic E-state index is 0.115. The van der Waals surface area contributed by atoms with Crippen molar-refractivity contribution in [3.8, 4) is 11.5 Å². The average Bonchev–Trinajstić information content (AvgIpc) is 3.28. The molecule has 0 radical (unpaired) electrons. The quantitative estimate of drug-likeness (QED) is 0.610. The lowest BCUT2D eigenvalue weighted by molar-refractivity contribution is -0.121. The van der Waals surface area contributed by atoms with Crippen LogP contribution in [0.3, 0.4) is 0 Å². The molecule has 0 aliphatic carbocycles. The molecule has 1 aliphatic heterocycles. The Balaban J connectivity index is 1.56. The molecule has 0 saturated heterocycles. The lowest BCUT2D eigenvalue weighted by Crippen LogP contribution is -2.38. The monoisotopic (exact) mass is 438 g/mol. The van der Waals surface area contributed by atoms with E-state index in [2.05, 4.69) is 5.32 Å². The van der Waals surface area contributed by atoms with E-state index in [0.717, 1.165) is 10.7 Å². The molecule has 1 aliphatic rings. The van der Waals surface area contributed by atoms with Gasteiger partial charge in [-0.25, -0.2) is 0 Å². The molecule has 4 rings (SSSR count). The smallest absolute Gasteiger partial charge is 0.244 e. The third kappa shape index (κ3) is 4.54. The number of carbonyl (C=O) groups is 2. The second kappa shape index (κ2) is 9.18. The van der Waals surface area contributed by atoms with Crippen molar-refractivity contribution in [2.24, 2.45) is 0 Å². The number of amides is 2. The number of furan rings is 1. The van der Waals surface area contributed by atoms with Crippen LogP contribution in [-0.2, 0) is 9.59 Å². The van der Waals surface area contributed by atoms with Gasteiger partial charge in [-0.15, -0.1) is 11.8 Å². The summed E-state index contributed by atoms with van der Waals surface area (Å²) in [6.45, 7) is -0.115. The van der Waals surface area contributed by atoms with E-state index < -0.39 is 0 Å². The third-order valence-corrected chi connectivity index (χ3v) is 6.21. The molecule has 0 spiro atoms. The number of nitrogens with one attached hydrogen (secondary N) is 1. The molecule has 0 saturated carbocycles. The SMILES string of the molecule is COc1ccc(NC(=O)CN2C(=O)C[C@@H](c3ccco3)Sc3ccccc32)c(OC)c1. The number of para-hydroxylation sites is 1. The number of rotatable bonds is 6. The zero-order chi connectivity index (χ0) is 21.8. The van der Waals surface area contributed by atoms with Gasteiger partial charge >= 0.3 is 0 Å². The van der Waals surface area contributed by atoms with Crippen molar-refractivity contribution in [3.05, 3.63) is 66.6 Å². The van der Waals surface area contributed by atoms with E-state index in [0.29, 0.717) is 22.9 Å². The second-order valence-electron chi connectivity index (χ2n) is 6.89. The van der Waals surface area contributed by atoms with Gasteiger partial charge in [-0.1, -0.05) is 12.1 Å². The van der Waals surface area contributed by atoms with Crippen molar-refractivity contribution in [2.75, 3.05) is 31.0 Å². The molecule has 7 nitrogen and oxygen atoms in total. The van der Waals surface area contributed by atoms with Crippen molar-refractivity contribution in [1.29, 1.82) is 0 Å². The molecular weight excluding hydrogens is 416 g/mol. The molecule has 1 N–H and O–H groups in total. The van der Waals surface area contributed by atoms with Crippen LogP contribution in [-0.4, -0.2) is 32.6 Å². The summed E-state index contributed by atoms with van der Waals surface area (Å²) >= 11 is 1.56. The largest absolute Gasteiger partial charge is 0.497 e. The number of hydrogen-bond acceptors (Lipinski definition) is 6. The van der Waals surface area contributed by atoms with E-state index >= 15 is 0 Å². The normalized spacial score (nSPS) is 15.7. The van der Waals surface area contributed by atoms with Gasteiger partial charge in [0.05, 0.1) is 37.1 Å². The molecule has 2 heterocycles. The summed E-state index contributed by atoms with van der Waals surface area (Å²) < 4.78 is 16.1. The summed E-state index contributed by atoms with van der Waals surface area (Å²) in [5, 5.41) is 2.68. The lowest BCUT2D eigenvalue weighted by Gasteiger charge is -2.22. The molecule has 1 atom stereocenters. The maximum Gasteiger partial charge on any atom is 0.244 e. The van der Waals surface area contributed by atoms with Crippen molar-refractivity contribution >= 4 is 35.0 Å². The van der Waals surface area contributed by atoms with Crippen LogP contribution in [0.5, 0.6) is 11.5 Å². The molecule has 1 aromatic heterocycles. The molecule has 31 heavy (non-hydrogen) atoms. The fourth-order valence-corrected chi connectivity index (χ4v) is 4.66. The second-order valence-corrected chi connectivity index (χ2v) is 8.13. The maximum atomic E-state index is 13.1. The van der Waals surface area contributed by atoms with Crippen LogP contribution < -0.4 is 19.7 Å². The van der Waals surface area contributed by atoms with Crippen LogP contribution in [0, 0.1) is 0 Å². The molecule has 0 fully saturated rings. The van der Waals surface area contributed by atoms with E-state index in [4.69, 9.17) is 13.9 Å². The van der Waals surface area contributed by atoms with Crippen LogP contribution in [0.2, 0.25) is 0 Å². The Morgan fingerprint density at radius 3 is 2.74 bits per heavy atom. The Labute approximate surface area is 184 Å². The van der Waals surface area contributed by atoms with Gasteiger partial charge in [0.25, 0.3) is 0 Å². The van der Waals surface area contributed by atoms with Gasteiger partial charge in [-0.05, 0) is 36.4 Å². The minimum atomic E-state index is -0.326. The molecule has 0 bridgehead atoms. The number of fused-ring (bicyclic) bond motifs is 1. The van der Waals surface area contributed by atoms with Crippen LogP contribution in [0.4, 0.5) is 11.4 Å². The van der Waals surface area contributed by atoms with Crippen molar-refractivity contribution < 1.29 is 23.5 Å². The summed E-state index contributed by atoms with van der Waals surface area (Å²) in [6.07, 6.45) is 1.83. The predicted molar refractivity (Wildman–Crippen MR) is 119 cm³/mol. The van der Waals surface area contributed by atoms with Crippen LogP contribution in [0.15, 0.2) is 70.2 Å². The first-order valence-electron chi connectivity index (χ1n) is 9.70. The van der Waals surface area contributed by atoms with E-state index in [1.165, 1.54) is 12.0 Å². The van der Waals surface area contributed by atoms with Gasteiger partial charge in [0.2, 0.25) is 11.8 Å². The number of methoxy groups -OCH3 is 2. The first-order chi connectivity index (χ1) is 15.1. The first kappa shape index (κ1) is 20.9. The zero-order valence-electron chi connectivity index (χ0n) is 17.2. The van der Waals surface area contributed by atoms with Gasteiger partial charge in [0.1, 0.15) is 23.8 Å². The number of anilines is 2. The lowest BCUT2D eigenvalue weighted by atomic mass is 10.2. The van der Waals surface area contributed by atoms with Gasteiger partial charge < -0.3 is 24.1 Å². The molecular formula is C23H22N2O5S. The van der Waals surface area contributed by atoms with Crippen molar-refractivity contribution in [1.82, 2.24) is 0 Å². The number of thioether (sulfide) groups is 1. The Morgan fingerprint density at radius 1 is 1.16 bits per heavy atom. The first-order valence-corrected chi connectivity index (χ1v) is 10.6. The van der Waals surface area contributed by atoms with E-state index in [1.807, 2.05) is 36.4 Å². The topological polar surface area (TPSA) is 81.0 Å². The average molecular weight is 439 g/mol. The van der Waals surface area contributed by atoms with Gasteiger partial charge in [0, 0.05) is 17.4 Å².